The van der Waals surface area contributed by atoms with E-state index in [9.17, 15) is 35.1 Å². The minimum Gasteiger partial charge on any atom is -0.429 e. The summed E-state index contributed by atoms with van der Waals surface area (Å²) in [4.78, 5) is 0. The van der Waals surface area contributed by atoms with E-state index in [2.05, 4.69) is 16.4 Å². The number of alkyl halides is 6. The lowest BCUT2D eigenvalue weighted by atomic mass is 9.68. The molecule has 2 unspecified atom stereocenters. The molecule has 2 saturated carbocycles. The Kier molecular flexibility index (Phi) is 8.79. The lowest BCUT2D eigenvalue weighted by molar-refractivity contribution is -0.257. The first kappa shape index (κ1) is 28.9. The molecule has 4 rings (SSSR count). The average Bonchev–Trinajstić information content (AvgIpc) is 2.85. The minimum absolute atomic E-state index is 0.133. The summed E-state index contributed by atoms with van der Waals surface area (Å²) in [7, 11) is 0. The van der Waals surface area contributed by atoms with E-state index < -0.39 is 47.7 Å². The van der Waals surface area contributed by atoms with Crippen molar-refractivity contribution in [1.82, 2.24) is 0 Å². The largest absolute Gasteiger partial charge is 0.432 e. The predicted octanol–water partition coefficient (Wildman–Crippen LogP) is 9.22. The van der Waals surface area contributed by atoms with Gasteiger partial charge in [0.2, 0.25) is 0 Å². The van der Waals surface area contributed by atoms with Crippen molar-refractivity contribution in [3.05, 3.63) is 58.9 Å². The molecule has 0 heterocycles. The van der Waals surface area contributed by atoms with Crippen LogP contribution in [0, 0.1) is 29.4 Å². The van der Waals surface area contributed by atoms with E-state index in [1.807, 2.05) is 0 Å². The number of hydrogen-bond donors (Lipinski definition) is 0. The van der Waals surface area contributed by atoms with Crippen molar-refractivity contribution in [3.63, 3.8) is 0 Å². The summed E-state index contributed by atoms with van der Waals surface area (Å²) in [6.45, 7) is -1.45. The molecule has 2 nitrogen and oxygen atoms in total. The second-order valence-electron chi connectivity index (χ2n) is 10.7. The van der Waals surface area contributed by atoms with Crippen LogP contribution >= 0.6 is 0 Å². The van der Waals surface area contributed by atoms with Gasteiger partial charge in [0.05, 0.1) is 0 Å². The van der Waals surface area contributed by atoms with Gasteiger partial charge in [0.15, 0.2) is 6.17 Å². The third-order valence-corrected chi connectivity index (χ3v) is 8.41. The monoisotopic (exact) mass is 552 g/mol. The van der Waals surface area contributed by atoms with Crippen LogP contribution in [0.4, 0.5) is 35.1 Å². The van der Waals surface area contributed by atoms with Crippen molar-refractivity contribution in [2.45, 2.75) is 95.4 Å². The van der Waals surface area contributed by atoms with Crippen molar-refractivity contribution in [2.75, 3.05) is 0 Å². The molecule has 0 bridgehead atoms. The first-order chi connectivity index (χ1) is 17.9. The summed E-state index contributed by atoms with van der Waals surface area (Å²) < 4.78 is 120. The highest BCUT2D eigenvalue weighted by atomic mass is 19.3. The summed E-state index contributed by atoms with van der Waals surface area (Å²) in [5, 5.41) is 0. The van der Waals surface area contributed by atoms with Crippen LogP contribution in [0.3, 0.4) is 0 Å². The minimum atomic E-state index is -4.59. The molecule has 212 valence electrons. The molecule has 0 aliphatic heterocycles. The number of hydrogen-bond acceptors (Lipinski definition) is 2. The third-order valence-electron chi connectivity index (χ3n) is 8.41. The number of halogens is 8. The van der Waals surface area contributed by atoms with E-state index in [0.29, 0.717) is 36.3 Å². The maximum Gasteiger partial charge on any atom is 0.432 e. The van der Waals surface area contributed by atoms with E-state index in [1.54, 1.807) is 0 Å². The normalized spacial score (nSPS) is 32.4. The van der Waals surface area contributed by atoms with E-state index in [1.165, 1.54) is 32.1 Å². The molecule has 0 N–H and O–H groups in total. The number of allylic oxidation sites excluding steroid dienone is 1. The molecule has 0 radical (unpaired) electrons. The quantitative estimate of drug-likeness (QED) is 0.299. The van der Waals surface area contributed by atoms with Crippen molar-refractivity contribution in [1.29, 1.82) is 0 Å². The van der Waals surface area contributed by atoms with Crippen molar-refractivity contribution >= 4 is 0 Å². The van der Waals surface area contributed by atoms with Gasteiger partial charge in [-0.2, -0.15) is 17.6 Å². The SMILES string of the molecule is CCC1CCC(C2CCC(c3cc(F)c(C(F)(F)OC4=CC(F)C(F)(OC(F)F)C=C4)c(F)c3)CC2)CC1. The Morgan fingerprint density at radius 3 is 2.00 bits per heavy atom. The Morgan fingerprint density at radius 1 is 0.947 bits per heavy atom. The molecule has 1 aromatic rings. The van der Waals surface area contributed by atoms with Gasteiger partial charge in [-0.3, -0.25) is 4.74 Å². The van der Waals surface area contributed by atoms with Crippen molar-refractivity contribution in [3.8, 4) is 0 Å². The fraction of sp³-hybridized carbons (Fsp3) is 0.643. The Balaban J connectivity index is 1.40. The Labute approximate surface area is 217 Å². The fourth-order valence-corrected chi connectivity index (χ4v) is 6.21. The maximum atomic E-state index is 14.8. The molecule has 38 heavy (non-hydrogen) atoms. The molecule has 0 aromatic heterocycles. The van der Waals surface area contributed by atoms with E-state index in [-0.39, 0.29) is 18.1 Å². The van der Waals surface area contributed by atoms with Gasteiger partial charge in [0, 0.05) is 0 Å². The molecule has 0 saturated heterocycles. The standard InChI is InChI=1S/C28H32F8O2/c1-2-16-3-5-17(6-4-16)18-7-9-19(10-8-18)20-13-22(29)25(23(30)14-20)28(35,36)37-21-11-12-27(34,24(31)15-21)38-26(32)33/h11-19,24,26H,2-10H2,1H3. The number of ether oxygens (including phenoxy) is 2. The zero-order valence-corrected chi connectivity index (χ0v) is 21.1. The van der Waals surface area contributed by atoms with Crippen molar-refractivity contribution < 1.29 is 44.6 Å². The molecule has 0 spiro atoms. The summed E-state index contributed by atoms with van der Waals surface area (Å²) in [6, 6.07) is 1.75. The molecule has 3 aliphatic rings. The Morgan fingerprint density at radius 2 is 1.50 bits per heavy atom. The number of rotatable bonds is 8. The summed E-state index contributed by atoms with van der Waals surface area (Å²) in [6.07, 6.45) is 2.58. The predicted molar refractivity (Wildman–Crippen MR) is 125 cm³/mol. The molecule has 2 atom stereocenters. The second kappa shape index (κ2) is 11.6. The van der Waals surface area contributed by atoms with E-state index in [4.69, 9.17) is 0 Å². The zero-order valence-electron chi connectivity index (χ0n) is 21.1. The Hall–Kier alpha value is -2.10. The summed E-state index contributed by atoms with van der Waals surface area (Å²) >= 11 is 0. The molecule has 1 aromatic carbocycles. The van der Waals surface area contributed by atoms with Gasteiger partial charge < -0.3 is 4.74 Å². The highest BCUT2D eigenvalue weighted by molar-refractivity contribution is 5.32. The van der Waals surface area contributed by atoms with Gasteiger partial charge in [0.25, 0.3) is 5.85 Å². The Bertz CT molecular complexity index is 1000. The van der Waals surface area contributed by atoms with E-state index in [0.717, 1.165) is 30.9 Å². The summed E-state index contributed by atoms with van der Waals surface area (Å²) in [5.74, 6) is -5.76. The second-order valence-corrected chi connectivity index (χ2v) is 10.7. The van der Waals surface area contributed by atoms with Crippen LogP contribution in [0.5, 0.6) is 0 Å². The first-order valence-electron chi connectivity index (χ1n) is 13.2. The molecule has 0 amide bonds. The molecular weight excluding hydrogens is 520 g/mol. The van der Waals surface area contributed by atoms with Crippen LogP contribution in [0.15, 0.2) is 36.1 Å². The molecule has 3 aliphatic carbocycles. The van der Waals surface area contributed by atoms with Crippen LogP contribution in [-0.2, 0) is 15.6 Å². The molecular formula is C28H32F8O2. The van der Waals surface area contributed by atoms with Crippen LogP contribution < -0.4 is 0 Å². The van der Waals surface area contributed by atoms with Gasteiger partial charge in [0.1, 0.15) is 23.0 Å². The highest BCUT2D eigenvalue weighted by Crippen LogP contribution is 2.46. The topological polar surface area (TPSA) is 18.5 Å². The first-order valence-corrected chi connectivity index (χ1v) is 13.2. The summed E-state index contributed by atoms with van der Waals surface area (Å²) in [5.41, 5.74) is -1.38. The van der Waals surface area contributed by atoms with Crippen LogP contribution in [0.1, 0.15) is 81.8 Å². The van der Waals surface area contributed by atoms with Crippen molar-refractivity contribution in [2.24, 2.45) is 17.8 Å². The number of benzene rings is 1. The highest BCUT2D eigenvalue weighted by Gasteiger charge is 2.46. The van der Waals surface area contributed by atoms with Crippen LogP contribution in [0.25, 0.3) is 0 Å². The lowest BCUT2D eigenvalue weighted by Gasteiger charge is -2.38. The fourth-order valence-electron chi connectivity index (χ4n) is 6.21. The van der Waals surface area contributed by atoms with Crippen LogP contribution in [0.2, 0.25) is 0 Å². The third kappa shape index (κ3) is 6.37. The molecule has 2 fully saturated rings. The van der Waals surface area contributed by atoms with Gasteiger partial charge in [-0.25, -0.2) is 17.6 Å². The zero-order chi connectivity index (χ0) is 27.7. The van der Waals surface area contributed by atoms with Gasteiger partial charge >= 0.3 is 12.7 Å². The van der Waals surface area contributed by atoms with Gasteiger partial charge in [-0.1, -0.05) is 26.2 Å². The van der Waals surface area contributed by atoms with E-state index >= 15 is 0 Å². The lowest BCUT2D eigenvalue weighted by Crippen LogP contribution is -2.38. The van der Waals surface area contributed by atoms with Gasteiger partial charge in [-0.05, 0) is 98.1 Å². The molecule has 10 heteroatoms. The van der Waals surface area contributed by atoms with Crippen LogP contribution in [-0.4, -0.2) is 18.6 Å². The smallest absolute Gasteiger partial charge is 0.429 e. The average molecular weight is 553 g/mol. The van der Waals surface area contributed by atoms with Gasteiger partial charge in [-0.15, -0.1) is 0 Å². The maximum absolute atomic E-state index is 14.8.